The number of hydrogen-bond donors (Lipinski definition) is 2. The number of para-hydroxylation sites is 1. The Hall–Kier alpha value is -3.59. The van der Waals surface area contributed by atoms with Crippen molar-refractivity contribution in [2.75, 3.05) is 12.4 Å². The number of methoxy groups -OCH3 is 1. The van der Waals surface area contributed by atoms with Crippen LogP contribution in [-0.4, -0.2) is 22.1 Å². The first-order valence-corrected chi connectivity index (χ1v) is 7.37. The zero-order valence-corrected chi connectivity index (χ0v) is 12.9. The lowest BCUT2D eigenvalue weighted by Gasteiger charge is -2.07. The van der Waals surface area contributed by atoms with E-state index in [0.717, 1.165) is 27.7 Å². The van der Waals surface area contributed by atoms with Crippen molar-refractivity contribution in [2.24, 2.45) is 0 Å². The van der Waals surface area contributed by atoms with Crippen LogP contribution in [0.1, 0.15) is 5.56 Å². The highest BCUT2D eigenvalue weighted by Gasteiger charge is 2.14. The number of H-pyrrole nitrogens is 1. The van der Waals surface area contributed by atoms with Crippen molar-refractivity contribution >= 4 is 33.4 Å². The molecule has 2 aromatic carbocycles. The van der Waals surface area contributed by atoms with Crippen LogP contribution in [0.5, 0.6) is 5.75 Å². The number of nitriles is 1. The van der Waals surface area contributed by atoms with Gasteiger partial charge in [-0.3, -0.25) is 0 Å². The Labute approximate surface area is 137 Å². The molecule has 6 nitrogen and oxygen atoms in total. The summed E-state index contributed by atoms with van der Waals surface area (Å²) in [6.45, 7) is 0. The van der Waals surface area contributed by atoms with E-state index < -0.39 is 0 Å². The van der Waals surface area contributed by atoms with Crippen LogP contribution in [0.15, 0.2) is 48.8 Å². The molecular formula is C18H13N5O. The summed E-state index contributed by atoms with van der Waals surface area (Å²) in [7, 11) is 1.64. The average Bonchev–Trinajstić information content (AvgIpc) is 3.02. The fourth-order valence-electron chi connectivity index (χ4n) is 2.79. The molecule has 0 saturated heterocycles. The standard InChI is InChI=1S/C18H13N5O/c1-24-14-8-4-7-13-15(14)16-17(22-13)18(21-10-20-16)23-12-6-3-2-5-11(12)9-19/h2-8,10,22H,1H3,(H,20,21,23). The number of hydrogen-bond acceptors (Lipinski definition) is 5. The maximum absolute atomic E-state index is 9.25. The number of nitrogens with one attached hydrogen (secondary N) is 2. The van der Waals surface area contributed by atoms with Crippen molar-refractivity contribution in [3.8, 4) is 11.8 Å². The predicted octanol–water partition coefficient (Wildman–Crippen LogP) is 3.73. The Bertz CT molecular complexity index is 1090. The van der Waals surface area contributed by atoms with Crippen molar-refractivity contribution in [3.63, 3.8) is 0 Å². The first-order chi connectivity index (χ1) is 11.8. The molecule has 116 valence electrons. The van der Waals surface area contributed by atoms with E-state index in [1.807, 2.05) is 36.4 Å². The molecule has 0 radical (unpaired) electrons. The van der Waals surface area contributed by atoms with E-state index in [2.05, 4.69) is 26.3 Å². The Morgan fingerprint density at radius 3 is 2.83 bits per heavy atom. The molecule has 24 heavy (non-hydrogen) atoms. The molecule has 4 rings (SSSR count). The van der Waals surface area contributed by atoms with Gasteiger partial charge in [-0.05, 0) is 24.3 Å². The number of aromatic nitrogens is 3. The van der Waals surface area contributed by atoms with Gasteiger partial charge in [-0.2, -0.15) is 5.26 Å². The lowest BCUT2D eigenvalue weighted by molar-refractivity contribution is 0.420. The number of nitrogens with zero attached hydrogens (tertiary/aromatic N) is 3. The summed E-state index contributed by atoms with van der Waals surface area (Å²) in [5.74, 6) is 1.36. The molecule has 2 N–H and O–H groups in total. The summed E-state index contributed by atoms with van der Waals surface area (Å²) < 4.78 is 5.44. The fourth-order valence-corrected chi connectivity index (χ4v) is 2.79. The molecule has 2 heterocycles. The van der Waals surface area contributed by atoms with Crippen LogP contribution in [-0.2, 0) is 0 Å². The summed E-state index contributed by atoms with van der Waals surface area (Å²) in [4.78, 5) is 12.0. The largest absolute Gasteiger partial charge is 0.496 e. The third-order valence-corrected chi connectivity index (χ3v) is 3.89. The van der Waals surface area contributed by atoms with Gasteiger partial charge in [0.1, 0.15) is 29.2 Å². The molecule has 0 aliphatic carbocycles. The highest BCUT2D eigenvalue weighted by molar-refractivity contribution is 6.11. The molecule has 4 aromatic rings. The van der Waals surface area contributed by atoms with Crippen LogP contribution in [0.3, 0.4) is 0 Å². The average molecular weight is 315 g/mol. The van der Waals surface area contributed by atoms with Gasteiger partial charge in [0.2, 0.25) is 0 Å². The van der Waals surface area contributed by atoms with Gasteiger partial charge in [0.15, 0.2) is 5.82 Å². The second kappa shape index (κ2) is 5.56. The summed E-state index contributed by atoms with van der Waals surface area (Å²) in [5, 5.41) is 13.4. The summed E-state index contributed by atoms with van der Waals surface area (Å²) in [6.07, 6.45) is 1.50. The maximum Gasteiger partial charge on any atom is 0.158 e. The molecule has 0 atom stereocenters. The topological polar surface area (TPSA) is 86.6 Å². The van der Waals surface area contributed by atoms with Gasteiger partial charge in [0.25, 0.3) is 0 Å². The van der Waals surface area contributed by atoms with Crippen molar-refractivity contribution in [2.45, 2.75) is 0 Å². The van der Waals surface area contributed by atoms with E-state index in [4.69, 9.17) is 4.74 Å². The number of rotatable bonds is 3. The third-order valence-electron chi connectivity index (χ3n) is 3.89. The van der Waals surface area contributed by atoms with Crippen LogP contribution in [0, 0.1) is 11.3 Å². The Kier molecular flexibility index (Phi) is 3.25. The molecule has 6 heteroatoms. The van der Waals surface area contributed by atoms with Gasteiger partial charge in [-0.15, -0.1) is 0 Å². The van der Waals surface area contributed by atoms with Crippen LogP contribution in [0.4, 0.5) is 11.5 Å². The van der Waals surface area contributed by atoms with E-state index in [0.29, 0.717) is 17.1 Å². The smallest absolute Gasteiger partial charge is 0.158 e. The molecule has 0 unspecified atom stereocenters. The van der Waals surface area contributed by atoms with Gasteiger partial charge in [-0.1, -0.05) is 18.2 Å². The number of anilines is 2. The van der Waals surface area contributed by atoms with E-state index in [9.17, 15) is 5.26 Å². The quantitative estimate of drug-likeness (QED) is 0.601. The highest BCUT2D eigenvalue weighted by atomic mass is 16.5. The van der Waals surface area contributed by atoms with Crippen LogP contribution >= 0.6 is 0 Å². The molecule has 0 amide bonds. The SMILES string of the molecule is COc1cccc2[nH]c3c(Nc4ccccc4C#N)ncnc3c12. The molecular weight excluding hydrogens is 302 g/mol. The van der Waals surface area contributed by atoms with Gasteiger partial charge in [0.05, 0.1) is 29.3 Å². The Balaban J connectivity index is 1.93. The maximum atomic E-state index is 9.25. The van der Waals surface area contributed by atoms with Gasteiger partial charge in [0, 0.05) is 0 Å². The molecule has 2 aromatic heterocycles. The first kappa shape index (κ1) is 14.0. The minimum Gasteiger partial charge on any atom is -0.496 e. The molecule has 0 saturated carbocycles. The van der Waals surface area contributed by atoms with E-state index in [1.54, 1.807) is 13.2 Å². The summed E-state index contributed by atoms with van der Waals surface area (Å²) in [6, 6.07) is 15.3. The van der Waals surface area contributed by atoms with Crippen molar-refractivity contribution in [1.29, 1.82) is 5.26 Å². The highest BCUT2D eigenvalue weighted by Crippen LogP contribution is 2.34. The second-order valence-corrected chi connectivity index (χ2v) is 5.24. The lowest BCUT2D eigenvalue weighted by Crippen LogP contribution is -1.97. The van der Waals surface area contributed by atoms with Crippen molar-refractivity contribution < 1.29 is 4.74 Å². The predicted molar refractivity (Wildman–Crippen MR) is 92.4 cm³/mol. The van der Waals surface area contributed by atoms with Gasteiger partial charge in [-0.25, -0.2) is 9.97 Å². The van der Waals surface area contributed by atoms with E-state index in [1.165, 1.54) is 6.33 Å². The molecule has 0 spiro atoms. The summed E-state index contributed by atoms with van der Waals surface area (Å²) >= 11 is 0. The van der Waals surface area contributed by atoms with Gasteiger partial charge >= 0.3 is 0 Å². The number of fused-ring (bicyclic) bond motifs is 3. The summed E-state index contributed by atoms with van der Waals surface area (Å²) in [5.41, 5.74) is 3.71. The second-order valence-electron chi connectivity index (χ2n) is 5.24. The number of aromatic amines is 1. The van der Waals surface area contributed by atoms with Crippen LogP contribution in [0.2, 0.25) is 0 Å². The minimum absolute atomic E-state index is 0.554. The molecule has 0 bridgehead atoms. The first-order valence-electron chi connectivity index (χ1n) is 7.37. The normalized spacial score (nSPS) is 10.7. The monoisotopic (exact) mass is 315 g/mol. The van der Waals surface area contributed by atoms with Crippen LogP contribution in [0.25, 0.3) is 21.9 Å². The number of ether oxygens (including phenoxy) is 1. The van der Waals surface area contributed by atoms with E-state index in [-0.39, 0.29) is 0 Å². The number of benzene rings is 2. The lowest BCUT2D eigenvalue weighted by atomic mass is 10.2. The fraction of sp³-hybridized carbons (Fsp3) is 0.0556. The zero-order valence-electron chi connectivity index (χ0n) is 12.9. The Morgan fingerprint density at radius 2 is 2.00 bits per heavy atom. The minimum atomic E-state index is 0.554. The third kappa shape index (κ3) is 2.11. The van der Waals surface area contributed by atoms with E-state index >= 15 is 0 Å². The molecule has 0 fully saturated rings. The molecule has 0 aliphatic rings. The molecule has 0 aliphatic heterocycles. The Morgan fingerprint density at radius 1 is 1.12 bits per heavy atom. The zero-order chi connectivity index (χ0) is 16.5. The van der Waals surface area contributed by atoms with Crippen LogP contribution < -0.4 is 10.1 Å². The van der Waals surface area contributed by atoms with Gasteiger partial charge < -0.3 is 15.0 Å². The van der Waals surface area contributed by atoms with Crippen molar-refractivity contribution in [1.82, 2.24) is 15.0 Å². The van der Waals surface area contributed by atoms with Crippen molar-refractivity contribution in [3.05, 3.63) is 54.4 Å².